The third kappa shape index (κ3) is 5.33. The molecule has 5 nitrogen and oxygen atoms in total. The minimum atomic E-state index is -0.319. The van der Waals surface area contributed by atoms with Crippen molar-refractivity contribution in [1.82, 2.24) is 0 Å². The number of nitrogens with one attached hydrogen (secondary N) is 2. The maximum atomic E-state index is 12.1. The fraction of sp³-hybridized carbons (Fsp3) is 0.364. The van der Waals surface area contributed by atoms with Crippen molar-refractivity contribution in [2.24, 2.45) is 0 Å². The maximum absolute atomic E-state index is 12.1. The summed E-state index contributed by atoms with van der Waals surface area (Å²) in [6, 6.07) is 13.5. The van der Waals surface area contributed by atoms with Crippen LogP contribution < -0.4 is 15.5 Å². The predicted molar refractivity (Wildman–Crippen MR) is 110 cm³/mol. The smallest absolute Gasteiger partial charge is 0.233 e. The van der Waals surface area contributed by atoms with E-state index in [1.165, 1.54) is 30.5 Å². The van der Waals surface area contributed by atoms with Gasteiger partial charge in [0.1, 0.15) is 6.42 Å². The molecule has 5 heteroatoms. The molecular formula is C22H27N3O2. The van der Waals surface area contributed by atoms with E-state index in [0.29, 0.717) is 11.4 Å². The molecule has 0 aromatic heterocycles. The Balaban J connectivity index is 1.50. The molecule has 0 aliphatic carbocycles. The molecular weight excluding hydrogens is 338 g/mol. The van der Waals surface area contributed by atoms with Crippen molar-refractivity contribution in [1.29, 1.82) is 0 Å². The first-order chi connectivity index (χ1) is 13.0. The minimum absolute atomic E-state index is 0.208. The van der Waals surface area contributed by atoms with Gasteiger partial charge >= 0.3 is 0 Å². The average Bonchev–Trinajstić information content (AvgIpc) is 2.66. The highest BCUT2D eigenvalue weighted by molar-refractivity contribution is 6.08. The van der Waals surface area contributed by atoms with Crippen molar-refractivity contribution >= 4 is 28.9 Å². The van der Waals surface area contributed by atoms with E-state index in [1.54, 1.807) is 0 Å². The normalized spacial score (nSPS) is 13.9. The van der Waals surface area contributed by atoms with Crippen LogP contribution in [-0.2, 0) is 9.59 Å². The lowest BCUT2D eigenvalue weighted by Crippen LogP contribution is -2.29. The topological polar surface area (TPSA) is 61.4 Å². The van der Waals surface area contributed by atoms with Gasteiger partial charge in [0.05, 0.1) is 0 Å². The molecule has 1 aliphatic rings. The van der Waals surface area contributed by atoms with Crippen molar-refractivity contribution in [3.8, 4) is 0 Å². The highest BCUT2D eigenvalue weighted by Crippen LogP contribution is 2.22. The summed E-state index contributed by atoms with van der Waals surface area (Å²) in [6.07, 6.45) is 3.55. The Labute approximate surface area is 160 Å². The summed E-state index contributed by atoms with van der Waals surface area (Å²) in [7, 11) is 0. The Bertz CT molecular complexity index is 809. The minimum Gasteiger partial charge on any atom is -0.372 e. The summed E-state index contributed by atoms with van der Waals surface area (Å²) in [5.41, 5.74) is 4.87. The third-order valence-electron chi connectivity index (χ3n) is 4.98. The van der Waals surface area contributed by atoms with Crippen molar-refractivity contribution in [2.45, 2.75) is 39.5 Å². The molecule has 0 spiro atoms. The molecule has 3 rings (SSSR count). The van der Waals surface area contributed by atoms with Crippen LogP contribution in [0.25, 0.3) is 0 Å². The van der Waals surface area contributed by atoms with Crippen LogP contribution in [0.4, 0.5) is 17.1 Å². The number of hydrogen-bond acceptors (Lipinski definition) is 3. The molecule has 0 radical (unpaired) electrons. The molecule has 1 aliphatic heterocycles. The molecule has 0 saturated carbocycles. The van der Waals surface area contributed by atoms with Gasteiger partial charge in [0, 0.05) is 30.2 Å². The largest absolute Gasteiger partial charge is 0.372 e. The Kier molecular flexibility index (Phi) is 6.12. The van der Waals surface area contributed by atoms with Gasteiger partial charge in [-0.3, -0.25) is 9.59 Å². The summed E-state index contributed by atoms with van der Waals surface area (Å²) < 4.78 is 0. The third-order valence-corrected chi connectivity index (χ3v) is 4.98. The van der Waals surface area contributed by atoms with Crippen LogP contribution in [0.1, 0.15) is 36.8 Å². The van der Waals surface area contributed by atoms with E-state index >= 15 is 0 Å². The molecule has 2 aromatic carbocycles. The Morgan fingerprint density at radius 1 is 0.815 bits per heavy atom. The molecule has 142 valence electrons. The standard InChI is InChI=1S/C22H27N3O2/c1-16-6-7-19(14-17(16)2)24-22(27)15-21(26)23-18-8-10-20(11-9-18)25-12-4-3-5-13-25/h6-11,14H,3-5,12-13,15H2,1-2H3,(H,23,26)(H,24,27). The quantitative estimate of drug-likeness (QED) is 0.778. The molecule has 2 amide bonds. The summed E-state index contributed by atoms with van der Waals surface area (Å²) in [5.74, 6) is -0.636. The average molecular weight is 365 g/mol. The number of hydrogen-bond donors (Lipinski definition) is 2. The predicted octanol–water partition coefficient (Wildman–Crippen LogP) is 4.26. The van der Waals surface area contributed by atoms with E-state index in [-0.39, 0.29) is 18.2 Å². The number of rotatable bonds is 5. The van der Waals surface area contributed by atoms with E-state index in [0.717, 1.165) is 18.7 Å². The molecule has 1 fully saturated rings. The van der Waals surface area contributed by atoms with Crippen LogP contribution in [0.3, 0.4) is 0 Å². The van der Waals surface area contributed by atoms with Crippen LogP contribution in [0.2, 0.25) is 0 Å². The van der Waals surface area contributed by atoms with Crippen molar-refractivity contribution in [2.75, 3.05) is 28.6 Å². The van der Waals surface area contributed by atoms with Crippen LogP contribution in [0.5, 0.6) is 0 Å². The number of carbonyl (C=O) groups is 2. The van der Waals surface area contributed by atoms with E-state index in [2.05, 4.69) is 15.5 Å². The summed E-state index contributed by atoms with van der Waals surface area (Å²) in [4.78, 5) is 26.6. The lowest BCUT2D eigenvalue weighted by molar-refractivity contribution is -0.123. The van der Waals surface area contributed by atoms with E-state index in [1.807, 2.05) is 56.3 Å². The van der Waals surface area contributed by atoms with E-state index in [9.17, 15) is 9.59 Å². The fourth-order valence-electron chi connectivity index (χ4n) is 3.28. The van der Waals surface area contributed by atoms with Gasteiger partial charge in [-0.1, -0.05) is 6.07 Å². The summed E-state index contributed by atoms with van der Waals surface area (Å²) >= 11 is 0. The van der Waals surface area contributed by atoms with Gasteiger partial charge in [-0.25, -0.2) is 0 Å². The second kappa shape index (κ2) is 8.71. The van der Waals surface area contributed by atoms with Crippen molar-refractivity contribution in [3.05, 3.63) is 53.6 Å². The first kappa shape index (κ1) is 19.0. The lowest BCUT2D eigenvalue weighted by atomic mass is 10.1. The maximum Gasteiger partial charge on any atom is 0.233 e. The molecule has 1 saturated heterocycles. The van der Waals surface area contributed by atoms with Gasteiger partial charge in [0.15, 0.2) is 0 Å². The summed E-state index contributed by atoms with van der Waals surface area (Å²) in [6.45, 7) is 6.19. The summed E-state index contributed by atoms with van der Waals surface area (Å²) in [5, 5.41) is 5.56. The second-order valence-corrected chi connectivity index (χ2v) is 7.17. The number of aryl methyl sites for hydroxylation is 2. The van der Waals surface area contributed by atoms with Crippen LogP contribution in [0, 0.1) is 13.8 Å². The zero-order valence-electron chi connectivity index (χ0n) is 16.0. The van der Waals surface area contributed by atoms with Gasteiger partial charge in [-0.15, -0.1) is 0 Å². The van der Waals surface area contributed by atoms with Gasteiger partial charge in [0.2, 0.25) is 11.8 Å². The second-order valence-electron chi connectivity index (χ2n) is 7.17. The van der Waals surface area contributed by atoms with Gasteiger partial charge in [-0.05, 0) is 80.6 Å². The van der Waals surface area contributed by atoms with Crippen molar-refractivity contribution in [3.63, 3.8) is 0 Å². The van der Waals surface area contributed by atoms with Gasteiger partial charge in [-0.2, -0.15) is 0 Å². The Hall–Kier alpha value is -2.82. The van der Waals surface area contributed by atoms with Gasteiger partial charge < -0.3 is 15.5 Å². The SMILES string of the molecule is Cc1ccc(NC(=O)CC(=O)Nc2ccc(N3CCCCC3)cc2)cc1C. The highest BCUT2D eigenvalue weighted by atomic mass is 16.2. The number of benzene rings is 2. The highest BCUT2D eigenvalue weighted by Gasteiger charge is 2.12. The van der Waals surface area contributed by atoms with Crippen LogP contribution >= 0.6 is 0 Å². The van der Waals surface area contributed by atoms with Crippen LogP contribution in [0.15, 0.2) is 42.5 Å². The lowest BCUT2D eigenvalue weighted by Gasteiger charge is -2.28. The Morgan fingerprint density at radius 2 is 1.41 bits per heavy atom. The Morgan fingerprint density at radius 3 is 2.04 bits per heavy atom. The number of anilines is 3. The molecule has 0 bridgehead atoms. The zero-order chi connectivity index (χ0) is 19.2. The van der Waals surface area contributed by atoms with E-state index < -0.39 is 0 Å². The number of piperidine rings is 1. The van der Waals surface area contributed by atoms with Gasteiger partial charge in [0.25, 0.3) is 0 Å². The van der Waals surface area contributed by atoms with Crippen LogP contribution in [-0.4, -0.2) is 24.9 Å². The number of carbonyl (C=O) groups excluding carboxylic acids is 2. The monoisotopic (exact) mass is 365 g/mol. The number of amides is 2. The first-order valence-corrected chi connectivity index (χ1v) is 9.53. The number of nitrogens with zero attached hydrogens (tertiary/aromatic N) is 1. The molecule has 2 aromatic rings. The first-order valence-electron chi connectivity index (χ1n) is 9.53. The molecule has 2 N–H and O–H groups in total. The fourth-order valence-corrected chi connectivity index (χ4v) is 3.28. The molecule has 1 heterocycles. The molecule has 0 atom stereocenters. The molecule has 0 unspecified atom stereocenters. The zero-order valence-corrected chi connectivity index (χ0v) is 16.0. The van der Waals surface area contributed by atoms with Crippen molar-refractivity contribution < 1.29 is 9.59 Å². The molecule has 27 heavy (non-hydrogen) atoms. The van der Waals surface area contributed by atoms with E-state index in [4.69, 9.17) is 0 Å².